The molecule has 4 rings (SSSR count). The van der Waals surface area contributed by atoms with Gasteiger partial charge < -0.3 is 19.2 Å². The molecule has 1 aliphatic carbocycles. The molecule has 0 bridgehead atoms. The summed E-state index contributed by atoms with van der Waals surface area (Å²) in [5, 5.41) is 10.1. The minimum Gasteiger partial charge on any atom is -0.508 e. The predicted molar refractivity (Wildman–Crippen MR) is 105 cm³/mol. The van der Waals surface area contributed by atoms with Crippen LogP contribution in [0.1, 0.15) is 41.8 Å². The minimum atomic E-state index is -0.0432. The van der Waals surface area contributed by atoms with Gasteiger partial charge in [0.25, 0.3) is 5.91 Å². The Hall–Kier alpha value is -2.31. The number of benzene rings is 1. The van der Waals surface area contributed by atoms with E-state index >= 15 is 0 Å². The quantitative estimate of drug-likeness (QED) is 0.828. The van der Waals surface area contributed by atoms with E-state index in [1.165, 1.54) is 0 Å². The topological polar surface area (TPSA) is 66.2 Å². The maximum absolute atomic E-state index is 13.0. The van der Waals surface area contributed by atoms with Gasteiger partial charge in [-0.1, -0.05) is 31.0 Å². The standard InChI is InChI=1S/C22H28N2O4/c25-20-9-4-1-6-17(20)14-23-11-13-27-19(15-23)16-24(18-7-2-3-8-18)22(26)21-10-5-12-28-21/h1,4-6,9-10,12,18-19,25H,2-3,7-8,11,13-16H2/t19-/m1/s1. The van der Waals surface area contributed by atoms with Gasteiger partial charge >= 0.3 is 0 Å². The number of nitrogens with zero attached hydrogens (tertiary/aromatic N) is 2. The largest absolute Gasteiger partial charge is 0.508 e. The first-order chi connectivity index (χ1) is 13.7. The summed E-state index contributed by atoms with van der Waals surface area (Å²) in [7, 11) is 0. The normalized spacial score (nSPS) is 21.1. The van der Waals surface area contributed by atoms with Crippen LogP contribution in [-0.2, 0) is 11.3 Å². The van der Waals surface area contributed by atoms with Crippen LogP contribution in [0, 0.1) is 0 Å². The van der Waals surface area contributed by atoms with Crippen molar-refractivity contribution in [3.8, 4) is 5.75 Å². The van der Waals surface area contributed by atoms with E-state index in [0.29, 0.717) is 31.2 Å². The van der Waals surface area contributed by atoms with Gasteiger partial charge in [-0.15, -0.1) is 0 Å². The number of amides is 1. The molecule has 1 saturated heterocycles. The van der Waals surface area contributed by atoms with Crippen LogP contribution in [0.4, 0.5) is 0 Å². The molecule has 2 fully saturated rings. The average Bonchev–Trinajstić information content (AvgIpc) is 3.42. The van der Waals surface area contributed by atoms with Crippen molar-refractivity contribution in [2.75, 3.05) is 26.2 Å². The van der Waals surface area contributed by atoms with Crippen molar-refractivity contribution < 1.29 is 19.1 Å². The Morgan fingerprint density at radius 1 is 1.18 bits per heavy atom. The molecular weight excluding hydrogens is 356 g/mol. The highest BCUT2D eigenvalue weighted by atomic mass is 16.5. The molecule has 1 N–H and O–H groups in total. The number of ether oxygens (including phenoxy) is 1. The van der Waals surface area contributed by atoms with Gasteiger partial charge in [0.1, 0.15) is 5.75 Å². The Labute approximate surface area is 165 Å². The highest BCUT2D eigenvalue weighted by Crippen LogP contribution is 2.26. The lowest BCUT2D eigenvalue weighted by Gasteiger charge is -2.37. The summed E-state index contributed by atoms with van der Waals surface area (Å²) in [4.78, 5) is 17.3. The zero-order valence-electron chi connectivity index (χ0n) is 16.1. The molecular formula is C22H28N2O4. The average molecular weight is 384 g/mol. The van der Waals surface area contributed by atoms with Crippen molar-refractivity contribution in [2.45, 2.75) is 44.4 Å². The number of carbonyl (C=O) groups excluding carboxylic acids is 1. The molecule has 150 valence electrons. The van der Waals surface area contributed by atoms with Gasteiger partial charge in [0.05, 0.1) is 19.0 Å². The third-order valence-electron chi connectivity index (χ3n) is 5.77. The van der Waals surface area contributed by atoms with Crippen molar-refractivity contribution in [1.82, 2.24) is 9.80 Å². The van der Waals surface area contributed by atoms with E-state index in [4.69, 9.17) is 9.15 Å². The van der Waals surface area contributed by atoms with Crippen LogP contribution >= 0.6 is 0 Å². The summed E-state index contributed by atoms with van der Waals surface area (Å²) in [5.41, 5.74) is 0.919. The van der Waals surface area contributed by atoms with Gasteiger partial charge in [-0.05, 0) is 31.0 Å². The molecule has 6 heteroatoms. The van der Waals surface area contributed by atoms with Crippen LogP contribution in [-0.4, -0.2) is 59.2 Å². The van der Waals surface area contributed by atoms with E-state index in [-0.39, 0.29) is 18.1 Å². The highest BCUT2D eigenvalue weighted by Gasteiger charge is 2.32. The van der Waals surface area contributed by atoms with Crippen LogP contribution < -0.4 is 0 Å². The molecule has 1 saturated carbocycles. The van der Waals surface area contributed by atoms with Crippen molar-refractivity contribution in [1.29, 1.82) is 0 Å². The molecule has 1 aromatic heterocycles. The Morgan fingerprint density at radius 3 is 2.75 bits per heavy atom. The van der Waals surface area contributed by atoms with E-state index in [0.717, 1.165) is 44.3 Å². The van der Waals surface area contributed by atoms with E-state index in [1.807, 2.05) is 23.1 Å². The van der Waals surface area contributed by atoms with Gasteiger partial charge in [-0.3, -0.25) is 9.69 Å². The minimum absolute atomic E-state index is 0.0425. The van der Waals surface area contributed by atoms with Crippen molar-refractivity contribution in [3.63, 3.8) is 0 Å². The van der Waals surface area contributed by atoms with E-state index in [9.17, 15) is 9.90 Å². The fourth-order valence-corrected chi connectivity index (χ4v) is 4.29. The first-order valence-corrected chi connectivity index (χ1v) is 10.2. The molecule has 28 heavy (non-hydrogen) atoms. The van der Waals surface area contributed by atoms with Crippen LogP contribution in [0.15, 0.2) is 47.1 Å². The molecule has 0 unspecified atom stereocenters. The number of furan rings is 1. The number of para-hydroxylation sites is 1. The number of hydrogen-bond donors (Lipinski definition) is 1. The number of morpholine rings is 1. The molecule has 1 atom stereocenters. The molecule has 2 aliphatic rings. The fraction of sp³-hybridized carbons (Fsp3) is 0.500. The van der Waals surface area contributed by atoms with Gasteiger partial charge in [0.2, 0.25) is 0 Å². The van der Waals surface area contributed by atoms with Gasteiger partial charge in [0.15, 0.2) is 5.76 Å². The Bertz CT molecular complexity index is 771. The second-order valence-electron chi connectivity index (χ2n) is 7.73. The molecule has 1 amide bonds. The molecule has 0 spiro atoms. The number of phenols is 1. The summed E-state index contributed by atoms with van der Waals surface area (Å²) in [6, 6.07) is 11.2. The third-order valence-corrected chi connectivity index (χ3v) is 5.77. The fourth-order valence-electron chi connectivity index (χ4n) is 4.29. The predicted octanol–water partition coefficient (Wildman–Crippen LogP) is 3.27. The second kappa shape index (κ2) is 8.80. The smallest absolute Gasteiger partial charge is 0.289 e. The lowest BCUT2D eigenvalue weighted by molar-refractivity contribution is -0.0473. The van der Waals surface area contributed by atoms with Crippen molar-refractivity contribution in [3.05, 3.63) is 54.0 Å². The Kier molecular flexibility index (Phi) is 5.98. The first-order valence-electron chi connectivity index (χ1n) is 10.2. The van der Waals surface area contributed by atoms with E-state index < -0.39 is 0 Å². The number of carbonyl (C=O) groups is 1. The second-order valence-corrected chi connectivity index (χ2v) is 7.73. The Morgan fingerprint density at radius 2 is 2.00 bits per heavy atom. The molecule has 0 radical (unpaired) electrons. The molecule has 2 heterocycles. The highest BCUT2D eigenvalue weighted by molar-refractivity contribution is 5.91. The van der Waals surface area contributed by atoms with E-state index in [2.05, 4.69) is 4.90 Å². The van der Waals surface area contributed by atoms with Crippen LogP contribution in [0.5, 0.6) is 5.75 Å². The number of phenolic OH excluding ortho intramolecular Hbond substituents is 1. The first kappa shape index (κ1) is 19.0. The van der Waals surface area contributed by atoms with E-state index in [1.54, 1.807) is 24.5 Å². The molecule has 6 nitrogen and oxygen atoms in total. The van der Waals surface area contributed by atoms with Crippen molar-refractivity contribution >= 4 is 5.91 Å². The summed E-state index contributed by atoms with van der Waals surface area (Å²) in [6.45, 7) is 3.44. The SMILES string of the molecule is O=C(c1ccco1)N(C[C@H]1CN(Cc2ccccc2O)CCO1)C1CCCC1. The maximum atomic E-state index is 13.0. The lowest BCUT2D eigenvalue weighted by atomic mass is 10.1. The molecule has 1 aromatic carbocycles. The zero-order valence-corrected chi connectivity index (χ0v) is 16.1. The Balaban J connectivity index is 1.42. The number of aromatic hydroxyl groups is 1. The number of hydrogen-bond acceptors (Lipinski definition) is 5. The van der Waals surface area contributed by atoms with Crippen molar-refractivity contribution in [2.24, 2.45) is 0 Å². The van der Waals surface area contributed by atoms with Gasteiger partial charge in [-0.2, -0.15) is 0 Å². The van der Waals surface area contributed by atoms with Gasteiger partial charge in [-0.25, -0.2) is 0 Å². The third kappa shape index (κ3) is 4.39. The summed E-state index contributed by atoms with van der Waals surface area (Å²) in [5.74, 6) is 0.679. The molecule has 1 aliphatic heterocycles. The van der Waals surface area contributed by atoms with Crippen LogP contribution in [0.2, 0.25) is 0 Å². The summed E-state index contributed by atoms with van der Waals surface area (Å²) in [6.07, 6.45) is 5.92. The zero-order chi connectivity index (χ0) is 19.3. The van der Waals surface area contributed by atoms with Crippen LogP contribution in [0.3, 0.4) is 0 Å². The van der Waals surface area contributed by atoms with Crippen LogP contribution in [0.25, 0.3) is 0 Å². The lowest BCUT2D eigenvalue weighted by Crippen LogP contribution is -2.50. The van der Waals surface area contributed by atoms with Gasteiger partial charge in [0, 0.05) is 37.8 Å². The summed E-state index contributed by atoms with van der Waals surface area (Å²) >= 11 is 0. The maximum Gasteiger partial charge on any atom is 0.289 e. The molecule has 2 aromatic rings. The number of rotatable bonds is 6. The summed E-state index contributed by atoms with van der Waals surface area (Å²) < 4.78 is 11.4. The monoisotopic (exact) mass is 384 g/mol.